The van der Waals surface area contributed by atoms with Gasteiger partial charge in [0.25, 0.3) is 0 Å². The van der Waals surface area contributed by atoms with Crippen molar-refractivity contribution in [3.8, 4) is 0 Å². The third kappa shape index (κ3) is 3.72. The van der Waals surface area contributed by atoms with Crippen molar-refractivity contribution in [2.45, 2.75) is 57.3 Å². The Morgan fingerprint density at radius 2 is 1.96 bits per heavy atom. The van der Waals surface area contributed by atoms with Crippen molar-refractivity contribution in [1.82, 2.24) is 0 Å². The van der Waals surface area contributed by atoms with Crippen LogP contribution >= 0.6 is 0 Å². The van der Waals surface area contributed by atoms with E-state index in [9.17, 15) is 4.79 Å². The number of benzene rings is 1. The van der Waals surface area contributed by atoms with Crippen molar-refractivity contribution in [3.05, 3.63) is 35.9 Å². The van der Waals surface area contributed by atoms with Crippen molar-refractivity contribution in [3.63, 3.8) is 0 Å². The predicted octanol–water partition coefficient (Wildman–Crippen LogP) is 2.01. The van der Waals surface area contributed by atoms with Gasteiger partial charge in [0, 0.05) is 0 Å². The van der Waals surface area contributed by atoms with E-state index in [1.165, 1.54) is 7.11 Å². The van der Waals surface area contributed by atoms with Crippen LogP contribution in [0.5, 0.6) is 0 Å². The minimum Gasteiger partial charge on any atom is -0.469 e. The van der Waals surface area contributed by atoms with Crippen LogP contribution in [0.3, 0.4) is 0 Å². The molecule has 0 N–H and O–H groups in total. The van der Waals surface area contributed by atoms with E-state index in [2.05, 4.69) is 0 Å². The number of rotatable bonds is 5. The lowest BCUT2D eigenvalue weighted by Gasteiger charge is -2.25. The summed E-state index contributed by atoms with van der Waals surface area (Å²) in [5, 5.41) is 0. The summed E-state index contributed by atoms with van der Waals surface area (Å²) < 4.78 is 28.2. The van der Waals surface area contributed by atoms with E-state index < -0.39 is 18.2 Å². The number of methoxy groups -OCH3 is 1. The maximum atomic E-state index is 11.6. The summed E-state index contributed by atoms with van der Waals surface area (Å²) in [7, 11) is 1.36. The third-order valence-electron chi connectivity index (χ3n) is 3.97. The molecule has 2 aliphatic rings. The summed E-state index contributed by atoms with van der Waals surface area (Å²) in [6.07, 6.45) is -1.61. The van der Waals surface area contributed by atoms with Crippen LogP contribution in [-0.2, 0) is 35.1 Å². The number of hydrogen-bond acceptors (Lipinski definition) is 6. The molecule has 0 spiro atoms. The zero-order valence-electron chi connectivity index (χ0n) is 13.6. The molecule has 0 aliphatic carbocycles. The van der Waals surface area contributed by atoms with E-state index in [1.54, 1.807) is 0 Å². The van der Waals surface area contributed by atoms with Crippen molar-refractivity contribution in [1.29, 1.82) is 0 Å². The molecule has 0 aromatic heterocycles. The van der Waals surface area contributed by atoms with Gasteiger partial charge in [0.05, 0.1) is 20.1 Å². The summed E-state index contributed by atoms with van der Waals surface area (Å²) in [5.41, 5.74) is 1.05. The molecule has 0 bridgehead atoms. The third-order valence-corrected chi connectivity index (χ3v) is 3.97. The van der Waals surface area contributed by atoms with E-state index in [0.29, 0.717) is 6.61 Å². The van der Waals surface area contributed by atoms with Gasteiger partial charge >= 0.3 is 5.97 Å². The lowest BCUT2D eigenvalue weighted by molar-refractivity contribution is -0.220. The standard InChI is InChI=1S/C17H22O6/c1-17(2)22-15-14(20-10-11-7-5-4-6-8-11)12(9-13(18)19-3)21-16(15)23-17/h4-8,12,14-16H,9-10H2,1-3H3/t12-,14-,15-,16-/m1/s1. The van der Waals surface area contributed by atoms with Gasteiger partial charge in [-0.1, -0.05) is 30.3 Å². The molecule has 126 valence electrons. The molecule has 0 unspecified atom stereocenters. The van der Waals surface area contributed by atoms with Gasteiger partial charge in [-0.2, -0.15) is 0 Å². The van der Waals surface area contributed by atoms with Gasteiger partial charge in [-0.05, 0) is 19.4 Å². The maximum absolute atomic E-state index is 11.6. The van der Waals surface area contributed by atoms with Crippen LogP contribution in [0.4, 0.5) is 0 Å². The largest absolute Gasteiger partial charge is 0.469 e. The van der Waals surface area contributed by atoms with E-state index in [4.69, 9.17) is 23.7 Å². The number of hydrogen-bond donors (Lipinski definition) is 0. The molecule has 0 saturated carbocycles. The number of carbonyl (C=O) groups is 1. The van der Waals surface area contributed by atoms with Gasteiger partial charge in [0.2, 0.25) is 0 Å². The lowest BCUT2D eigenvalue weighted by Crippen LogP contribution is -2.37. The second-order valence-electron chi connectivity index (χ2n) is 6.18. The second-order valence-corrected chi connectivity index (χ2v) is 6.18. The Kier molecular flexibility index (Phi) is 4.68. The van der Waals surface area contributed by atoms with Gasteiger partial charge in [-0.15, -0.1) is 0 Å². The minimum absolute atomic E-state index is 0.107. The number of esters is 1. The Bertz CT molecular complexity index is 543. The highest BCUT2D eigenvalue weighted by Gasteiger charge is 2.55. The fourth-order valence-electron chi connectivity index (χ4n) is 2.93. The fraction of sp³-hybridized carbons (Fsp3) is 0.588. The van der Waals surface area contributed by atoms with Crippen LogP contribution < -0.4 is 0 Å². The first kappa shape index (κ1) is 16.4. The molecule has 2 aliphatic heterocycles. The quantitative estimate of drug-likeness (QED) is 0.773. The number of ether oxygens (including phenoxy) is 5. The number of carbonyl (C=O) groups excluding carboxylic acids is 1. The first-order valence-electron chi connectivity index (χ1n) is 7.72. The Balaban J connectivity index is 1.69. The minimum atomic E-state index is -0.722. The summed E-state index contributed by atoms with van der Waals surface area (Å²) >= 11 is 0. The average molecular weight is 322 g/mol. The monoisotopic (exact) mass is 322 g/mol. The molecular formula is C17H22O6. The van der Waals surface area contributed by atoms with Crippen LogP contribution in [0.2, 0.25) is 0 Å². The van der Waals surface area contributed by atoms with Gasteiger partial charge in [-0.25, -0.2) is 0 Å². The molecule has 1 aromatic carbocycles. The van der Waals surface area contributed by atoms with Gasteiger partial charge in [0.15, 0.2) is 12.1 Å². The van der Waals surface area contributed by atoms with E-state index in [1.807, 2.05) is 44.2 Å². The SMILES string of the molecule is COC(=O)C[C@H]1O[C@@H]2OC(C)(C)O[C@@H]2[C@@H]1OCc1ccccc1. The molecular weight excluding hydrogens is 300 g/mol. The van der Waals surface area contributed by atoms with Crippen LogP contribution in [0.1, 0.15) is 25.8 Å². The van der Waals surface area contributed by atoms with Crippen LogP contribution in [0, 0.1) is 0 Å². The zero-order chi connectivity index (χ0) is 16.4. The maximum Gasteiger partial charge on any atom is 0.308 e. The molecule has 4 atom stereocenters. The smallest absolute Gasteiger partial charge is 0.308 e. The first-order chi connectivity index (χ1) is 11.0. The van der Waals surface area contributed by atoms with Crippen LogP contribution in [0.15, 0.2) is 30.3 Å². The molecule has 6 nitrogen and oxygen atoms in total. The molecule has 1 aromatic rings. The summed E-state index contributed by atoms with van der Waals surface area (Å²) in [4.78, 5) is 11.6. The normalized spacial score (nSPS) is 31.8. The Morgan fingerprint density at radius 3 is 2.65 bits per heavy atom. The Labute approximate surface area is 135 Å². The van der Waals surface area contributed by atoms with E-state index >= 15 is 0 Å². The van der Waals surface area contributed by atoms with Gasteiger partial charge in [0.1, 0.15) is 18.3 Å². The molecule has 6 heteroatoms. The molecule has 0 radical (unpaired) electrons. The topological polar surface area (TPSA) is 63.2 Å². The fourth-order valence-corrected chi connectivity index (χ4v) is 2.93. The predicted molar refractivity (Wildman–Crippen MR) is 80.4 cm³/mol. The van der Waals surface area contributed by atoms with Crippen molar-refractivity contribution < 1.29 is 28.5 Å². The van der Waals surface area contributed by atoms with Crippen molar-refractivity contribution >= 4 is 5.97 Å². The molecule has 2 fully saturated rings. The van der Waals surface area contributed by atoms with Crippen LogP contribution in [-0.4, -0.2) is 43.5 Å². The molecule has 0 amide bonds. The molecule has 23 heavy (non-hydrogen) atoms. The van der Waals surface area contributed by atoms with E-state index in [0.717, 1.165) is 5.56 Å². The summed E-state index contributed by atoms with van der Waals surface area (Å²) in [5.74, 6) is -1.07. The molecule has 2 saturated heterocycles. The summed E-state index contributed by atoms with van der Waals surface area (Å²) in [6, 6.07) is 9.83. The highest BCUT2D eigenvalue weighted by molar-refractivity contribution is 5.69. The Morgan fingerprint density at radius 1 is 1.22 bits per heavy atom. The highest BCUT2D eigenvalue weighted by Crippen LogP contribution is 2.39. The molecule has 3 rings (SSSR count). The van der Waals surface area contributed by atoms with Crippen molar-refractivity contribution in [2.75, 3.05) is 7.11 Å². The zero-order valence-corrected chi connectivity index (χ0v) is 13.6. The van der Waals surface area contributed by atoms with Gasteiger partial charge in [-0.3, -0.25) is 4.79 Å². The van der Waals surface area contributed by atoms with Crippen LogP contribution in [0.25, 0.3) is 0 Å². The second kappa shape index (κ2) is 6.57. The first-order valence-corrected chi connectivity index (χ1v) is 7.72. The average Bonchev–Trinajstić information content (AvgIpc) is 2.97. The van der Waals surface area contributed by atoms with Crippen molar-refractivity contribution in [2.24, 2.45) is 0 Å². The lowest BCUT2D eigenvalue weighted by atomic mass is 10.1. The van der Waals surface area contributed by atoms with E-state index in [-0.39, 0.29) is 24.6 Å². The summed E-state index contributed by atoms with van der Waals surface area (Å²) in [6.45, 7) is 4.08. The van der Waals surface area contributed by atoms with Gasteiger partial charge < -0.3 is 23.7 Å². The highest BCUT2D eigenvalue weighted by atomic mass is 16.8. The number of fused-ring (bicyclic) bond motifs is 1. The molecule has 2 heterocycles. The Hall–Kier alpha value is -1.47.